The lowest BCUT2D eigenvalue weighted by molar-refractivity contribution is -0.385. The first-order chi connectivity index (χ1) is 58.8. The first-order valence-electron chi connectivity index (χ1n) is 43.4. The maximum absolute atomic E-state index is 15.1. The van der Waals surface area contributed by atoms with Crippen LogP contribution in [0.25, 0.3) is 0 Å². The van der Waals surface area contributed by atoms with E-state index in [0.29, 0.717) is 101 Å². The zero-order chi connectivity index (χ0) is 92.0. The first-order valence-corrected chi connectivity index (χ1v) is 45.6. The average Bonchev–Trinajstić information content (AvgIpc) is 0.778. The van der Waals surface area contributed by atoms with Gasteiger partial charge in [-0.3, -0.25) is 20.2 Å². The molecule has 5 fully saturated rings. The number of carbonyl (C=O) groups excluding carboxylic acids is 5. The van der Waals surface area contributed by atoms with Gasteiger partial charge >= 0.3 is 29.9 Å². The number of nitrogens with one attached hydrogen (secondary N) is 2. The molecule has 4 aromatic rings. The lowest BCUT2D eigenvalue weighted by Crippen LogP contribution is -2.49. The Labute approximate surface area is 756 Å². The molecule has 3 saturated carbocycles. The minimum absolute atomic E-state index is 0.00300. The molecule has 9 rings (SSSR count). The van der Waals surface area contributed by atoms with E-state index in [-0.39, 0.29) is 80.5 Å². The van der Waals surface area contributed by atoms with Gasteiger partial charge in [-0.2, -0.15) is 0 Å². The van der Waals surface area contributed by atoms with Crippen molar-refractivity contribution in [1.82, 2.24) is 25.3 Å². The van der Waals surface area contributed by atoms with Gasteiger partial charge in [0.15, 0.2) is 0 Å². The lowest BCUT2D eigenvalue weighted by Gasteiger charge is -2.43. The second kappa shape index (κ2) is 57.9. The standard InChI is InChI=1S/C28H44ClFN2O4.C22H32N2O7.C17H25ClFNO2.C15H29NO3.C7H4ClNO4.CH2Cl2/c1-31-19-23(18-21-10-4-3-5-11-21)36-27(33)32-16-9-12-22(20-32)28(34,15-6-7-17-35-2)24-13-8-14-25(29)26(24)30;1-22(2,3)31-20(25)23(4)15-19(14-16-8-6-5-7-9-16)30-21(26)29-18-12-10-17(11-13-18)24(27)28;1-22-11-3-2-9-17(21,13-6-5-10-20-12-13)14-7-4-8-15(18)16(14)19;1-15(2,3)19-14(18)16(4)11-13(17)10-12-8-6-5-7-9-12;8-7(10)13-6-3-1-5(2-4-6)9(11)12;2-1-3/h8,13-14,21-23,31,34H,3-7,9-12,15-20H2,1-2H3;10-13,16,19H,5-9,14-15H2,1-4H3;4,7-8,13,20-21H,2-3,5-6,9-12H2,1H3;12-13,17H,5-11H2,1-4H3;1-4H;1H2/t22-,23?,28+;;13-,17+;;;/m1.1.../s1. The molecule has 5 aliphatic rings. The monoisotopic (exact) mass is 1850 g/mol. The Kier molecular flexibility index (Phi) is 51.2. The zero-order valence-electron chi connectivity index (χ0n) is 74.2. The van der Waals surface area contributed by atoms with Crippen molar-refractivity contribution in [2.24, 2.45) is 29.6 Å². The topological polar surface area (TPSA) is 340 Å². The Hall–Kier alpha value is -6.74. The van der Waals surface area contributed by atoms with Gasteiger partial charge in [-0.05, 0) is 193 Å². The second-order valence-electron chi connectivity index (χ2n) is 34.5. The number of carbonyl (C=O) groups is 5. The largest absolute Gasteiger partial charge is 0.514 e. The van der Waals surface area contributed by atoms with E-state index in [1.54, 1.807) is 78.3 Å². The van der Waals surface area contributed by atoms with Crippen LogP contribution in [-0.4, -0.2) is 199 Å². The van der Waals surface area contributed by atoms with Gasteiger partial charge in [0.25, 0.3) is 11.4 Å². The normalized spacial score (nSPS) is 18.1. The molecule has 0 bridgehead atoms. The number of piperidine rings is 2. The number of likely N-dealkylation sites (tertiary alicyclic amines) is 1. The maximum Gasteiger partial charge on any atom is 0.514 e. The molecule has 2 heterocycles. The van der Waals surface area contributed by atoms with Crippen molar-refractivity contribution < 1.29 is 95.8 Å². The third-order valence-electron chi connectivity index (χ3n) is 22.3. The summed E-state index contributed by atoms with van der Waals surface area (Å²) < 4.78 is 71.6. The van der Waals surface area contributed by atoms with Gasteiger partial charge in [0.1, 0.15) is 46.5 Å². The summed E-state index contributed by atoms with van der Waals surface area (Å²) in [7, 11) is 8.46. The Morgan fingerprint density at radius 3 is 1.41 bits per heavy atom. The number of rotatable bonds is 32. The lowest BCUT2D eigenvalue weighted by atomic mass is 9.74. The summed E-state index contributed by atoms with van der Waals surface area (Å²) in [6.07, 6.45) is 24.4. The molecule has 5 N–H and O–H groups in total. The van der Waals surface area contributed by atoms with Crippen molar-refractivity contribution in [3.8, 4) is 11.5 Å². The van der Waals surface area contributed by atoms with Gasteiger partial charge in [-0.1, -0.05) is 144 Å². The molecule has 700 valence electrons. The van der Waals surface area contributed by atoms with Crippen LogP contribution in [0.4, 0.5) is 44.1 Å². The van der Waals surface area contributed by atoms with E-state index in [1.165, 1.54) is 141 Å². The Bertz CT molecular complexity index is 3780. The molecule has 0 spiro atoms. The van der Waals surface area contributed by atoms with E-state index in [1.807, 2.05) is 27.8 Å². The van der Waals surface area contributed by atoms with Gasteiger partial charge in [0.2, 0.25) is 0 Å². The number of non-ortho nitro benzene ring substituents is 2. The molecular weight excluding hydrogens is 1710 g/mol. The number of hydrogen-bond donors (Lipinski definition) is 5. The van der Waals surface area contributed by atoms with Crippen LogP contribution in [0, 0.1) is 61.5 Å². The number of benzene rings is 4. The third kappa shape index (κ3) is 41.6. The first kappa shape index (κ1) is 110. The summed E-state index contributed by atoms with van der Waals surface area (Å²) in [6.45, 7) is 15.8. The molecule has 2 aliphatic heterocycles. The summed E-state index contributed by atoms with van der Waals surface area (Å²) >= 11 is 26.5. The fourth-order valence-corrected chi connectivity index (χ4v) is 16.6. The van der Waals surface area contributed by atoms with Crippen molar-refractivity contribution in [1.29, 1.82) is 0 Å². The SMILES string of the molecule is CN(CC(CC1CCCCC1)OC(=O)Oc1ccc([N+](=O)[O-])cc1)C(=O)OC(C)(C)C.CN(CC(O)CC1CCCCC1)C(=O)OC(C)(C)C.CNCC(CC1CCCCC1)OC(=O)N1CCC[C@@H]([C@@](O)(CCCCOC)c2cccc(Cl)c2F)C1.COCCCC[C@@](O)(c1cccc(Cl)c1F)[C@@H]1CCCNC1.ClCCl.O=C(Cl)Oc1ccc([N+](=O)[O-])cc1. The minimum atomic E-state index is -1.44. The third-order valence-corrected chi connectivity index (χ3v) is 22.9. The summed E-state index contributed by atoms with van der Waals surface area (Å²) in [5.41, 5.74) is -4.36. The molecule has 3 aliphatic carbocycles. The van der Waals surface area contributed by atoms with Crippen LogP contribution in [0.5, 0.6) is 11.5 Å². The number of nitrogens with zero attached hydrogens (tertiary/aromatic N) is 5. The van der Waals surface area contributed by atoms with E-state index in [2.05, 4.69) is 15.4 Å². The molecule has 34 heteroatoms. The summed E-state index contributed by atoms with van der Waals surface area (Å²) in [5, 5.41) is 61.0. The molecule has 3 amide bonds. The molecule has 3 unspecified atom stereocenters. The van der Waals surface area contributed by atoms with E-state index >= 15 is 4.39 Å². The highest BCUT2D eigenvalue weighted by Gasteiger charge is 2.45. The maximum atomic E-state index is 15.1. The number of aliphatic hydroxyl groups excluding tert-OH is 1. The van der Waals surface area contributed by atoms with Crippen molar-refractivity contribution in [3.05, 3.63) is 138 Å². The van der Waals surface area contributed by atoms with Crippen molar-refractivity contribution >= 4 is 99.2 Å². The number of unbranched alkanes of at least 4 members (excludes halogenated alkanes) is 2. The van der Waals surface area contributed by atoms with Gasteiger partial charge in [-0.25, -0.2) is 32.8 Å². The van der Waals surface area contributed by atoms with Crippen LogP contribution in [0.15, 0.2) is 84.9 Å². The number of amides is 3. The number of halogens is 7. The number of methoxy groups -OCH3 is 2. The Balaban J connectivity index is 0.000000334. The average molecular weight is 1850 g/mol. The number of alkyl halides is 2. The van der Waals surface area contributed by atoms with Crippen LogP contribution in [0.3, 0.4) is 0 Å². The molecular formula is C90H136Cl5F2N7O20. The van der Waals surface area contributed by atoms with Crippen LogP contribution < -0.4 is 20.1 Å². The Morgan fingerprint density at radius 1 is 0.581 bits per heavy atom. The number of likely N-dealkylation sites (N-methyl/N-ethyl adjacent to an activating group) is 3. The molecule has 4 aromatic carbocycles. The highest BCUT2D eigenvalue weighted by molar-refractivity contribution is 6.61. The van der Waals surface area contributed by atoms with Crippen LogP contribution in [0.1, 0.15) is 232 Å². The summed E-state index contributed by atoms with van der Waals surface area (Å²) in [5.74, 6) is 0.541. The van der Waals surface area contributed by atoms with Crippen molar-refractivity contribution in [3.63, 3.8) is 0 Å². The minimum Gasteiger partial charge on any atom is -0.445 e. The fourth-order valence-electron chi connectivity index (χ4n) is 16.2. The number of aliphatic hydroxyl groups is 3. The highest BCUT2D eigenvalue weighted by Crippen LogP contribution is 2.44. The second-order valence-corrected chi connectivity index (χ2v) is 36.4. The van der Waals surface area contributed by atoms with Gasteiger partial charge in [0, 0.05) is 133 Å². The van der Waals surface area contributed by atoms with E-state index in [4.69, 9.17) is 91.2 Å². The van der Waals surface area contributed by atoms with Crippen LogP contribution >= 0.6 is 58.0 Å². The highest BCUT2D eigenvalue weighted by atomic mass is 35.5. The van der Waals surface area contributed by atoms with E-state index in [0.717, 1.165) is 83.6 Å². The van der Waals surface area contributed by atoms with Crippen molar-refractivity contribution in [2.45, 2.75) is 262 Å². The number of hydrogen-bond acceptors (Lipinski definition) is 22. The zero-order valence-corrected chi connectivity index (χ0v) is 78.0. The number of ether oxygens (including phenoxy) is 8. The molecule has 7 atom stereocenters. The number of nitro benzene ring substituents is 2. The van der Waals surface area contributed by atoms with Gasteiger partial charge < -0.3 is 78.5 Å². The summed E-state index contributed by atoms with van der Waals surface area (Å²) in [4.78, 5) is 84.4. The van der Waals surface area contributed by atoms with Crippen molar-refractivity contribution in [2.75, 3.05) is 99.7 Å². The fraction of sp³-hybridized carbons (Fsp3) is 0.678. The summed E-state index contributed by atoms with van der Waals surface area (Å²) in [6, 6.07) is 19.8. The quantitative estimate of drug-likeness (QED) is 0.00443. The van der Waals surface area contributed by atoms with E-state index < -0.39 is 73.8 Å². The molecule has 0 radical (unpaired) electrons. The smallest absolute Gasteiger partial charge is 0.445 e. The molecule has 27 nitrogen and oxygen atoms in total. The predicted octanol–water partition coefficient (Wildman–Crippen LogP) is 21.6. The molecule has 2 saturated heterocycles. The van der Waals surface area contributed by atoms with Gasteiger partial charge in [0.05, 0.1) is 49.1 Å². The van der Waals surface area contributed by atoms with Crippen LogP contribution in [-0.2, 0) is 39.6 Å². The molecule has 124 heavy (non-hydrogen) atoms. The molecule has 0 aromatic heterocycles. The number of nitro groups is 2. The van der Waals surface area contributed by atoms with Crippen LogP contribution in [0.2, 0.25) is 10.0 Å². The predicted molar refractivity (Wildman–Crippen MR) is 479 cm³/mol. The van der Waals surface area contributed by atoms with E-state index in [9.17, 15) is 63.9 Å². The Morgan fingerprint density at radius 2 is 1.00 bits per heavy atom. The van der Waals surface area contributed by atoms with Gasteiger partial charge in [-0.15, -0.1) is 23.2 Å².